The summed E-state index contributed by atoms with van der Waals surface area (Å²) in [5, 5.41) is 9.92. The first-order chi connectivity index (χ1) is 24.3. The molecule has 2 heterocycles. The zero-order valence-corrected chi connectivity index (χ0v) is 27.2. The molecule has 0 unspecified atom stereocenters. The van der Waals surface area contributed by atoms with E-state index in [1.54, 1.807) is 11.3 Å². The molecule has 0 aliphatic heterocycles. The van der Waals surface area contributed by atoms with Crippen molar-refractivity contribution in [2.75, 3.05) is 0 Å². The van der Waals surface area contributed by atoms with Crippen molar-refractivity contribution in [3.05, 3.63) is 164 Å². The van der Waals surface area contributed by atoms with Crippen LogP contribution in [0.1, 0.15) is 0 Å². The van der Waals surface area contributed by atoms with Gasteiger partial charge in [0.1, 0.15) is 0 Å². The molecule has 0 amide bonds. The molecule has 0 saturated heterocycles. The second kappa shape index (κ2) is 11.2. The first-order valence-electron chi connectivity index (χ1n) is 16.4. The van der Waals surface area contributed by atoms with Gasteiger partial charge in [-0.1, -0.05) is 146 Å². The van der Waals surface area contributed by atoms with E-state index < -0.39 is 0 Å². The average molecular weight is 642 g/mol. The van der Waals surface area contributed by atoms with Gasteiger partial charge in [0.05, 0.1) is 0 Å². The summed E-state index contributed by atoms with van der Waals surface area (Å²) in [6.07, 6.45) is 0. The molecule has 0 aliphatic rings. The molecule has 3 nitrogen and oxygen atoms in total. The van der Waals surface area contributed by atoms with E-state index in [0.717, 1.165) is 33.2 Å². The topological polar surface area (TPSA) is 38.7 Å². The summed E-state index contributed by atoms with van der Waals surface area (Å²) in [6, 6.07) is 58.0. The molecule has 0 bridgehead atoms. The minimum atomic E-state index is 0.653. The van der Waals surface area contributed by atoms with Gasteiger partial charge in [-0.3, -0.25) is 0 Å². The lowest BCUT2D eigenvalue weighted by molar-refractivity contribution is 1.08. The molecule has 0 saturated carbocycles. The van der Waals surface area contributed by atoms with Crippen molar-refractivity contribution in [3.8, 4) is 45.3 Å². The zero-order chi connectivity index (χ0) is 32.3. The van der Waals surface area contributed by atoms with E-state index in [2.05, 4.69) is 158 Å². The molecule has 4 heteroatoms. The van der Waals surface area contributed by atoms with Gasteiger partial charge < -0.3 is 0 Å². The first kappa shape index (κ1) is 27.8. The van der Waals surface area contributed by atoms with Crippen LogP contribution >= 0.6 is 11.3 Å². The Kier molecular flexibility index (Phi) is 6.36. The van der Waals surface area contributed by atoms with E-state index in [1.165, 1.54) is 47.1 Å². The molecule has 10 aromatic rings. The molecule has 8 aromatic carbocycles. The average Bonchev–Trinajstić information content (AvgIpc) is 3.55. The molecule has 49 heavy (non-hydrogen) atoms. The van der Waals surface area contributed by atoms with Gasteiger partial charge in [-0.15, -0.1) is 11.3 Å². The third kappa shape index (κ3) is 4.68. The minimum Gasteiger partial charge on any atom is -0.208 e. The van der Waals surface area contributed by atoms with E-state index in [4.69, 9.17) is 15.0 Å². The van der Waals surface area contributed by atoms with Gasteiger partial charge in [-0.2, -0.15) is 0 Å². The van der Waals surface area contributed by atoms with E-state index in [0.29, 0.717) is 17.5 Å². The molecule has 2 aromatic heterocycles. The molecule has 0 radical (unpaired) electrons. The minimum absolute atomic E-state index is 0.653. The van der Waals surface area contributed by atoms with Gasteiger partial charge in [0.15, 0.2) is 17.5 Å². The van der Waals surface area contributed by atoms with Crippen molar-refractivity contribution >= 4 is 63.8 Å². The maximum atomic E-state index is 5.17. The van der Waals surface area contributed by atoms with E-state index in [1.807, 2.05) is 6.07 Å². The summed E-state index contributed by atoms with van der Waals surface area (Å²) in [6.45, 7) is 0. The predicted molar refractivity (Wildman–Crippen MR) is 207 cm³/mol. The maximum absolute atomic E-state index is 5.17. The number of rotatable bonds is 4. The molecular formula is C45H27N3S. The predicted octanol–water partition coefficient (Wildman–Crippen LogP) is 12.4. The van der Waals surface area contributed by atoms with Crippen LogP contribution in [0, 0.1) is 0 Å². The zero-order valence-electron chi connectivity index (χ0n) is 26.3. The Morgan fingerprint density at radius 3 is 1.67 bits per heavy atom. The largest absolute Gasteiger partial charge is 0.208 e. The number of hydrogen-bond acceptors (Lipinski definition) is 4. The highest BCUT2D eigenvalue weighted by molar-refractivity contribution is 7.25. The fraction of sp³-hybridized carbons (Fsp3) is 0. The Morgan fingerprint density at radius 2 is 0.857 bits per heavy atom. The molecule has 10 rings (SSSR count). The molecule has 0 aliphatic carbocycles. The van der Waals surface area contributed by atoms with Crippen LogP contribution in [0.5, 0.6) is 0 Å². The fourth-order valence-corrected chi connectivity index (χ4v) is 8.28. The Labute approximate surface area is 286 Å². The lowest BCUT2D eigenvalue weighted by Gasteiger charge is -2.13. The molecule has 0 N–H and O–H groups in total. The molecule has 0 fully saturated rings. The Morgan fingerprint density at radius 1 is 0.306 bits per heavy atom. The quantitative estimate of drug-likeness (QED) is 0.180. The number of nitrogens with zero attached hydrogens (tertiary/aromatic N) is 3. The van der Waals surface area contributed by atoms with Crippen molar-refractivity contribution < 1.29 is 0 Å². The van der Waals surface area contributed by atoms with Crippen LogP contribution in [0.15, 0.2) is 164 Å². The van der Waals surface area contributed by atoms with Crippen molar-refractivity contribution in [1.82, 2.24) is 15.0 Å². The highest BCUT2D eigenvalue weighted by Crippen LogP contribution is 2.38. The molecule has 0 atom stereocenters. The number of thiophene rings is 1. The summed E-state index contributed by atoms with van der Waals surface area (Å²) in [5.41, 5.74) is 5.11. The summed E-state index contributed by atoms with van der Waals surface area (Å²) in [7, 11) is 0. The van der Waals surface area contributed by atoms with E-state index in [-0.39, 0.29) is 0 Å². The summed E-state index contributed by atoms with van der Waals surface area (Å²) < 4.78 is 2.50. The van der Waals surface area contributed by atoms with Crippen LogP contribution in [0.2, 0.25) is 0 Å². The third-order valence-corrected chi connectivity index (χ3v) is 10.7. The molecule has 0 spiro atoms. The van der Waals surface area contributed by atoms with Gasteiger partial charge in [-0.05, 0) is 61.6 Å². The Bertz CT molecular complexity index is 2890. The normalized spacial score (nSPS) is 11.7. The van der Waals surface area contributed by atoms with Gasteiger partial charge in [-0.25, -0.2) is 15.0 Å². The van der Waals surface area contributed by atoms with Crippen molar-refractivity contribution in [2.24, 2.45) is 0 Å². The molecular weight excluding hydrogens is 615 g/mol. The smallest absolute Gasteiger partial charge is 0.164 e. The van der Waals surface area contributed by atoms with Crippen LogP contribution in [-0.4, -0.2) is 15.0 Å². The Balaban J connectivity index is 1.18. The Hall–Kier alpha value is -6.23. The van der Waals surface area contributed by atoms with Crippen molar-refractivity contribution in [2.45, 2.75) is 0 Å². The number of hydrogen-bond donors (Lipinski definition) is 0. The first-order valence-corrected chi connectivity index (χ1v) is 17.3. The van der Waals surface area contributed by atoms with Gasteiger partial charge >= 0.3 is 0 Å². The number of aromatic nitrogens is 3. The van der Waals surface area contributed by atoms with Gasteiger partial charge in [0.2, 0.25) is 0 Å². The van der Waals surface area contributed by atoms with Crippen LogP contribution in [0.3, 0.4) is 0 Å². The third-order valence-electron chi connectivity index (χ3n) is 9.53. The fourth-order valence-electron chi connectivity index (χ4n) is 7.14. The number of fused-ring (bicyclic) bond motifs is 8. The van der Waals surface area contributed by atoms with Gasteiger partial charge in [0.25, 0.3) is 0 Å². The highest BCUT2D eigenvalue weighted by Gasteiger charge is 2.17. The second-order valence-corrected chi connectivity index (χ2v) is 13.5. The standard InChI is InChI=1S/C45H27N3S/c1-2-10-28(11-3-1)34-14-6-7-16-40(34)45-47-43(46-44(48-45)32-21-25-39-38-15-8-9-17-41(38)49-42(39)27-32)31-20-22-35-30(26-31)19-24-36-33-13-5-4-12-29(33)18-23-37(35)36/h1-27H. The lowest BCUT2D eigenvalue weighted by atomic mass is 9.96. The highest BCUT2D eigenvalue weighted by atomic mass is 32.1. The van der Waals surface area contributed by atoms with Crippen LogP contribution in [0.4, 0.5) is 0 Å². The summed E-state index contributed by atoms with van der Waals surface area (Å²) >= 11 is 1.80. The van der Waals surface area contributed by atoms with Crippen LogP contribution in [0.25, 0.3) is 97.8 Å². The summed E-state index contributed by atoms with van der Waals surface area (Å²) in [4.78, 5) is 15.5. The van der Waals surface area contributed by atoms with Crippen LogP contribution < -0.4 is 0 Å². The van der Waals surface area contributed by atoms with E-state index >= 15 is 0 Å². The van der Waals surface area contributed by atoms with Gasteiger partial charge in [0, 0.05) is 36.9 Å². The van der Waals surface area contributed by atoms with Crippen molar-refractivity contribution in [3.63, 3.8) is 0 Å². The van der Waals surface area contributed by atoms with Crippen molar-refractivity contribution in [1.29, 1.82) is 0 Å². The molecule has 228 valence electrons. The van der Waals surface area contributed by atoms with E-state index in [9.17, 15) is 0 Å². The lowest BCUT2D eigenvalue weighted by Crippen LogP contribution is -2.01. The summed E-state index contributed by atoms with van der Waals surface area (Å²) in [5.74, 6) is 1.97. The monoisotopic (exact) mass is 641 g/mol. The maximum Gasteiger partial charge on any atom is 0.164 e. The number of benzene rings is 8. The SMILES string of the molecule is c1ccc(-c2ccccc2-c2nc(-c3ccc4c(ccc5c6ccccc6ccc45)c3)nc(-c3ccc4c(c3)sc3ccccc34)n2)cc1. The van der Waals surface area contributed by atoms with Crippen LogP contribution in [-0.2, 0) is 0 Å². The second-order valence-electron chi connectivity index (χ2n) is 12.4.